The van der Waals surface area contributed by atoms with E-state index in [1.807, 2.05) is 24.3 Å². The molecule has 0 radical (unpaired) electrons. The number of nitriles is 1. The predicted octanol–water partition coefficient (Wildman–Crippen LogP) is 2.88. The molecule has 2 rings (SSSR count). The van der Waals surface area contributed by atoms with Gasteiger partial charge in [0, 0.05) is 5.02 Å². The molecule has 20 heavy (non-hydrogen) atoms. The first-order chi connectivity index (χ1) is 9.65. The summed E-state index contributed by atoms with van der Waals surface area (Å²) in [6.07, 6.45) is 3.82. The number of ether oxygens (including phenoxy) is 1. The molecular formula is C15H13ClN2O2. The van der Waals surface area contributed by atoms with Crippen molar-refractivity contribution in [2.75, 3.05) is 7.11 Å². The van der Waals surface area contributed by atoms with Crippen LogP contribution in [0.3, 0.4) is 0 Å². The highest BCUT2D eigenvalue weighted by Gasteiger charge is 2.21. The summed E-state index contributed by atoms with van der Waals surface area (Å²) >= 11 is 6.18. The Morgan fingerprint density at radius 3 is 2.90 bits per heavy atom. The molecule has 0 bridgehead atoms. The van der Waals surface area contributed by atoms with Crippen LogP contribution in [-0.4, -0.2) is 13.1 Å². The Hall–Kier alpha value is -2.25. The van der Waals surface area contributed by atoms with Crippen molar-refractivity contribution >= 4 is 17.6 Å². The number of benzene rings is 1. The zero-order valence-electron chi connectivity index (χ0n) is 10.9. The van der Waals surface area contributed by atoms with E-state index in [9.17, 15) is 4.79 Å². The molecule has 0 saturated carbocycles. The van der Waals surface area contributed by atoms with E-state index in [4.69, 9.17) is 21.6 Å². The number of methoxy groups -OCH3 is 1. The third-order valence-electron chi connectivity index (χ3n) is 3.02. The molecule has 5 heteroatoms. The van der Waals surface area contributed by atoms with E-state index in [0.717, 1.165) is 5.56 Å². The molecule has 1 aromatic carbocycles. The first-order valence-electron chi connectivity index (χ1n) is 6.07. The minimum Gasteiger partial charge on any atom is -0.464 e. The molecule has 0 aromatic heterocycles. The summed E-state index contributed by atoms with van der Waals surface area (Å²) in [7, 11) is 1.30. The smallest absolute Gasteiger partial charge is 0.354 e. The minimum absolute atomic E-state index is 0.181. The van der Waals surface area contributed by atoms with Gasteiger partial charge in [-0.15, -0.1) is 0 Å². The lowest BCUT2D eigenvalue weighted by atomic mass is 10.0. The second-order valence-corrected chi connectivity index (χ2v) is 4.68. The molecular weight excluding hydrogens is 276 g/mol. The minimum atomic E-state index is -0.509. The van der Waals surface area contributed by atoms with Gasteiger partial charge in [0.15, 0.2) is 0 Å². The van der Waals surface area contributed by atoms with Crippen LogP contribution in [0.5, 0.6) is 0 Å². The lowest BCUT2D eigenvalue weighted by Crippen LogP contribution is -2.25. The molecule has 1 N–H and O–H groups in total. The molecule has 1 heterocycles. The van der Waals surface area contributed by atoms with Crippen LogP contribution in [0.4, 0.5) is 0 Å². The number of allylic oxidation sites excluding steroid dienone is 2. The normalized spacial score (nSPS) is 17.9. The van der Waals surface area contributed by atoms with Gasteiger partial charge in [-0.05, 0) is 24.1 Å². The average Bonchev–Trinajstić information content (AvgIpc) is 2.69. The highest BCUT2D eigenvalue weighted by Crippen LogP contribution is 2.28. The highest BCUT2D eigenvalue weighted by atomic mass is 35.5. The number of rotatable bonds is 2. The molecule has 1 aliphatic rings. The number of halogens is 1. The number of hydrogen-bond acceptors (Lipinski definition) is 4. The highest BCUT2D eigenvalue weighted by molar-refractivity contribution is 6.31. The number of nitrogens with zero attached hydrogens (tertiary/aromatic N) is 1. The van der Waals surface area contributed by atoms with Crippen LogP contribution in [0.25, 0.3) is 0 Å². The zero-order chi connectivity index (χ0) is 14.5. The number of nitrogens with one attached hydrogen (secondary N) is 1. The molecule has 1 atom stereocenters. The van der Waals surface area contributed by atoms with E-state index in [0.29, 0.717) is 17.0 Å². The third-order valence-corrected chi connectivity index (χ3v) is 3.36. The summed E-state index contributed by atoms with van der Waals surface area (Å²) in [5.74, 6) is -0.509. The molecule has 0 aliphatic carbocycles. The fraction of sp³-hybridized carbons (Fsp3) is 0.200. The molecule has 0 spiro atoms. The number of esters is 1. The van der Waals surface area contributed by atoms with Gasteiger partial charge >= 0.3 is 5.97 Å². The van der Waals surface area contributed by atoms with Gasteiger partial charge in [-0.2, -0.15) is 5.26 Å². The van der Waals surface area contributed by atoms with Crippen molar-refractivity contribution in [1.82, 2.24) is 5.32 Å². The monoisotopic (exact) mass is 288 g/mol. The quantitative estimate of drug-likeness (QED) is 0.850. The van der Waals surface area contributed by atoms with E-state index in [1.165, 1.54) is 13.2 Å². The van der Waals surface area contributed by atoms with E-state index in [2.05, 4.69) is 5.32 Å². The molecule has 1 aliphatic heterocycles. The summed E-state index contributed by atoms with van der Waals surface area (Å²) < 4.78 is 4.71. The fourth-order valence-electron chi connectivity index (χ4n) is 2.02. The van der Waals surface area contributed by atoms with Crippen molar-refractivity contribution < 1.29 is 9.53 Å². The lowest BCUT2D eigenvalue weighted by Gasteiger charge is -2.19. The number of carbonyl (C=O) groups is 1. The largest absolute Gasteiger partial charge is 0.464 e. The van der Waals surface area contributed by atoms with Crippen molar-refractivity contribution in [1.29, 1.82) is 5.26 Å². The maximum atomic E-state index is 11.7. The van der Waals surface area contributed by atoms with Gasteiger partial charge in [0.2, 0.25) is 0 Å². The van der Waals surface area contributed by atoms with Gasteiger partial charge in [0.25, 0.3) is 0 Å². The van der Waals surface area contributed by atoms with Crippen LogP contribution in [0.1, 0.15) is 18.0 Å². The second-order valence-electron chi connectivity index (χ2n) is 4.28. The maximum Gasteiger partial charge on any atom is 0.354 e. The third kappa shape index (κ3) is 3.01. The Morgan fingerprint density at radius 2 is 2.25 bits per heavy atom. The lowest BCUT2D eigenvalue weighted by molar-refractivity contribution is -0.136. The van der Waals surface area contributed by atoms with Gasteiger partial charge in [-0.1, -0.05) is 35.9 Å². The Balaban J connectivity index is 2.37. The Bertz CT molecular complexity index is 629. The van der Waals surface area contributed by atoms with Crippen molar-refractivity contribution in [3.05, 3.63) is 58.3 Å². The Kier molecular flexibility index (Phi) is 4.44. The molecule has 102 valence electrons. The van der Waals surface area contributed by atoms with Crippen LogP contribution in [-0.2, 0) is 9.53 Å². The molecule has 1 unspecified atom stereocenters. The molecule has 1 aromatic rings. The molecule has 0 fully saturated rings. The van der Waals surface area contributed by atoms with Crippen molar-refractivity contribution in [3.63, 3.8) is 0 Å². The topological polar surface area (TPSA) is 62.1 Å². The van der Waals surface area contributed by atoms with E-state index >= 15 is 0 Å². The van der Waals surface area contributed by atoms with Crippen molar-refractivity contribution in [2.24, 2.45) is 0 Å². The maximum absolute atomic E-state index is 11.7. The van der Waals surface area contributed by atoms with Crippen LogP contribution < -0.4 is 5.32 Å². The first-order valence-corrected chi connectivity index (χ1v) is 6.44. The van der Waals surface area contributed by atoms with Gasteiger partial charge in [0.1, 0.15) is 5.70 Å². The van der Waals surface area contributed by atoms with E-state index < -0.39 is 5.97 Å². The Morgan fingerprint density at radius 1 is 1.50 bits per heavy atom. The van der Waals surface area contributed by atoms with Crippen LogP contribution in [0.15, 0.2) is 47.7 Å². The van der Waals surface area contributed by atoms with Crippen LogP contribution in [0.2, 0.25) is 5.02 Å². The predicted molar refractivity (Wildman–Crippen MR) is 75.7 cm³/mol. The first kappa shape index (κ1) is 14.2. The summed E-state index contributed by atoms with van der Waals surface area (Å²) in [5.41, 5.74) is 1.55. The van der Waals surface area contributed by atoms with Crippen molar-refractivity contribution in [3.8, 4) is 6.07 Å². The summed E-state index contributed by atoms with van der Waals surface area (Å²) in [5, 5.41) is 12.7. The summed E-state index contributed by atoms with van der Waals surface area (Å²) in [6.45, 7) is 0. The molecule has 0 amide bonds. The Labute approximate surface area is 122 Å². The SMILES string of the molecule is COC(=O)C1=CC(C#N)=CCC(c2ccccc2Cl)N1. The van der Waals surface area contributed by atoms with Gasteiger partial charge < -0.3 is 10.1 Å². The van der Waals surface area contributed by atoms with E-state index in [-0.39, 0.29) is 11.7 Å². The average molecular weight is 289 g/mol. The summed E-state index contributed by atoms with van der Waals surface area (Å²) in [6, 6.07) is 9.27. The second kappa shape index (κ2) is 6.27. The van der Waals surface area contributed by atoms with E-state index in [1.54, 1.807) is 12.1 Å². The standard InChI is InChI=1S/C15H13ClN2O2/c1-20-15(19)14-8-10(9-17)6-7-13(18-14)11-4-2-3-5-12(11)16/h2-6,8,13,18H,7H2,1H3. The van der Waals surface area contributed by atoms with Crippen LogP contribution >= 0.6 is 11.6 Å². The fourth-order valence-corrected chi connectivity index (χ4v) is 2.28. The van der Waals surface area contributed by atoms with Gasteiger partial charge in [0.05, 0.1) is 24.8 Å². The van der Waals surface area contributed by atoms with Gasteiger partial charge in [-0.25, -0.2) is 4.79 Å². The number of hydrogen-bond donors (Lipinski definition) is 1. The molecule has 4 nitrogen and oxygen atoms in total. The summed E-state index contributed by atoms with van der Waals surface area (Å²) in [4.78, 5) is 11.7. The van der Waals surface area contributed by atoms with Gasteiger partial charge in [-0.3, -0.25) is 0 Å². The number of carbonyl (C=O) groups excluding carboxylic acids is 1. The van der Waals surface area contributed by atoms with Crippen molar-refractivity contribution in [2.45, 2.75) is 12.5 Å². The van der Waals surface area contributed by atoms with Crippen LogP contribution in [0, 0.1) is 11.3 Å². The zero-order valence-corrected chi connectivity index (χ0v) is 11.6. The molecule has 0 saturated heterocycles.